The predicted octanol–water partition coefficient (Wildman–Crippen LogP) is 3.43. The van der Waals surface area contributed by atoms with Gasteiger partial charge in [0.05, 0.1) is 27.9 Å². The van der Waals surface area contributed by atoms with Crippen molar-refractivity contribution in [3.63, 3.8) is 0 Å². The summed E-state index contributed by atoms with van der Waals surface area (Å²) in [6.07, 6.45) is 0. The maximum Gasteiger partial charge on any atom is 0.328 e. The number of rotatable bonds is 8. The third kappa shape index (κ3) is 5.51. The number of methoxy groups -OCH3 is 3. The van der Waals surface area contributed by atoms with Gasteiger partial charge in [0.2, 0.25) is 5.75 Å². The average Bonchev–Trinajstić information content (AvgIpc) is 2.84. The van der Waals surface area contributed by atoms with Crippen LogP contribution in [-0.4, -0.2) is 75.8 Å². The minimum absolute atomic E-state index is 0.145. The minimum atomic E-state index is -0.555. The van der Waals surface area contributed by atoms with Gasteiger partial charge in [-0.05, 0) is 36.8 Å². The SMILES string of the molecule is CCOC(=O)C(c1ccc(Cl)cc1)N1CCN(C(=O)c2cc(OC)c(OC)c(OC)c2)CC1. The maximum absolute atomic E-state index is 13.2. The van der Waals surface area contributed by atoms with Gasteiger partial charge in [-0.2, -0.15) is 0 Å². The summed E-state index contributed by atoms with van der Waals surface area (Å²) < 4.78 is 21.4. The molecule has 1 aliphatic rings. The van der Waals surface area contributed by atoms with Crippen LogP contribution >= 0.6 is 11.6 Å². The van der Waals surface area contributed by atoms with Crippen molar-refractivity contribution >= 4 is 23.5 Å². The Bertz CT molecular complexity index is 948. The highest BCUT2D eigenvalue weighted by Crippen LogP contribution is 2.38. The van der Waals surface area contributed by atoms with Crippen LogP contribution in [0.1, 0.15) is 28.9 Å². The summed E-state index contributed by atoms with van der Waals surface area (Å²) in [5, 5.41) is 0.599. The molecule has 0 aliphatic carbocycles. The van der Waals surface area contributed by atoms with Crippen molar-refractivity contribution in [2.75, 3.05) is 54.1 Å². The zero-order valence-electron chi connectivity index (χ0n) is 19.3. The molecule has 0 N–H and O–H groups in total. The topological polar surface area (TPSA) is 77.5 Å². The van der Waals surface area contributed by atoms with E-state index in [1.807, 2.05) is 17.0 Å². The molecule has 0 saturated carbocycles. The van der Waals surface area contributed by atoms with Gasteiger partial charge in [-0.1, -0.05) is 23.7 Å². The molecule has 0 radical (unpaired) electrons. The second-order valence-corrected chi connectivity index (χ2v) is 7.88. The Balaban J connectivity index is 1.76. The van der Waals surface area contributed by atoms with Gasteiger partial charge in [-0.3, -0.25) is 9.69 Å². The maximum atomic E-state index is 13.2. The molecule has 0 aromatic heterocycles. The number of carbonyl (C=O) groups is 2. The monoisotopic (exact) mass is 476 g/mol. The number of ether oxygens (including phenoxy) is 4. The van der Waals surface area contributed by atoms with Crippen LogP contribution in [0.2, 0.25) is 5.02 Å². The zero-order chi connectivity index (χ0) is 24.0. The Morgan fingerprint density at radius 1 is 0.939 bits per heavy atom. The van der Waals surface area contributed by atoms with E-state index in [-0.39, 0.29) is 11.9 Å². The van der Waals surface area contributed by atoms with E-state index in [1.54, 1.807) is 36.1 Å². The van der Waals surface area contributed by atoms with Crippen molar-refractivity contribution in [1.82, 2.24) is 9.80 Å². The van der Waals surface area contributed by atoms with Crippen LogP contribution in [0.5, 0.6) is 17.2 Å². The van der Waals surface area contributed by atoms with Crippen LogP contribution in [0.25, 0.3) is 0 Å². The first-order valence-electron chi connectivity index (χ1n) is 10.7. The average molecular weight is 477 g/mol. The number of hydrogen-bond acceptors (Lipinski definition) is 7. The van der Waals surface area contributed by atoms with E-state index >= 15 is 0 Å². The summed E-state index contributed by atoms with van der Waals surface area (Å²) in [5.74, 6) is 0.812. The highest BCUT2D eigenvalue weighted by molar-refractivity contribution is 6.30. The molecule has 1 aliphatic heterocycles. The zero-order valence-corrected chi connectivity index (χ0v) is 20.1. The fourth-order valence-electron chi connectivity index (χ4n) is 3.93. The molecule has 2 aromatic carbocycles. The molecule has 9 heteroatoms. The molecular formula is C24H29ClN2O6. The van der Waals surface area contributed by atoms with Crippen molar-refractivity contribution < 1.29 is 28.5 Å². The number of benzene rings is 2. The summed E-state index contributed by atoms with van der Waals surface area (Å²) in [6.45, 7) is 4.02. The molecule has 8 nitrogen and oxygen atoms in total. The van der Waals surface area contributed by atoms with E-state index < -0.39 is 6.04 Å². The summed E-state index contributed by atoms with van der Waals surface area (Å²) in [5.41, 5.74) is 1.25. The lowest BCUT2D eigenvalue weighted by atomic mass is 10.0. The Kier molecular flexibility index (Phi) is 8.41. The largest absolute Gasteiger partial charge is 0.493 e. The van der Waals surface area contributed by atoms with E-state index in [2.05, 4.69) is 0 Å². The van der Waals surface area contributed by atoms with Gasteiger partial charge in [0.25, 0.3) is 5.91 Å². The molecule has 1 fully saturated rings. The first-order valence-corrected chi connectivity index (χ1v) is 11.1. The molecule has 3 rings (SSSR count). The van der Waals surface area contributed by atoms with Crippen LogP contribution in [0.15, 0.2) is 36.4 Å². The van der Waals surface area contributed by atoms with Crippen molar-refractivity contribution in [3.8, 4) is 17.2 Å². The number of piperazine rings is 1. The highest BCUT2D eigenvalue weighted by atomic mass is 35.5. The molecule has 1 heterocycles. The quantitative estimate of drug-likeness (QED) is 0.540. The Labute approximate surface area is 198 Å². The predicted molar refractivity (Wildman–Crippen MR) is 124 cm³/mol. The first-order chi connectivity index (χ1) is 15.9. The smallest absolute Gasteiger partial charge is 0.328 e. The molecule has 178 valence electrons. The molecule has 33 heavy (non-hydrogen) atoms. The van der Waals surface area contributed by atoms with Crippen molar-refractivity contribution in [2.24, 2.45) is 0 Å². The molecule has 0 spiro atoms. The van der Waals surface area contributed by atoms with Crippen molar-refractivity contribution in [3.05, 3.63) is 52.5 Å². The highest BCUT2D eigenvalue weighted by Gasteiger charge is 2.33. The normalized spacial score (nSPS) is 15.0. The van der Waals surface area contributed by atoms with Crippen LogP contribution in [0, 0.1) is 0 Å². The molecule has 1 atom stereocenters. The molecule has 1 unspecified atom stereocenters. The van der Waals surface area contributed by atoms with Gasteiger partial charge in [-0.25, -0.2) is 4.79 Å². The number of amides is 1. The Hall–Kier alpha value is -2.97. The summed E-state index contributed by atoms with van der Waals surface area (Å²) in [7, 11) is 4.54. The summed E-state index contributed by atoms with van der Waals surface area (Å²) >= 11 is 6.02. The minimum Gasteiger partial charge on any atom is -0.493 e. The summed E-state index contributed by atoms with van der Waals surface area (Å²) in [4.78, 5) is 29.7. The van der Waals surface area contributed by atoms with Crippen molar-refractivity contribution in [1.29, 1.82) is 0 Å². The lowest BCUT2D eigenvalue weighted by molar-refractivity contribution is -0.150. The fourth-order valence-corrected chi connectivity index (χ4v) is 4.06. The van der Waals surface area contributed by atoms with Gasteiger partial charge in [0, 0.05) is 36.8 Å². The van der Waals surface area contributed by atoms with Gasteiger partial charge in [-0.15, -0.1) is 0 Å². The van der Waals surface area contributed by atoms with E-state index in [4.69, 9.17) is 30.5 Å². The van der Waals surface area contributed by atoms with Gasteiger partial charge in [0.1, 0.15) is 6.04 Å². The van der Waals surface area contributed by atoms with E-state index in [0.29, 0.717) is 60.6 Å². The van der Waals surface area contributed by atoms with Crippen LogP contribution in [0.4, 0.5) is 0 Å². The lowest BCUT2D eigenvalue weighted by Crippen LogP contribution is -2.51. The Morgan fingerprint density at radius 2 is 1.52 bits per heavy atom. The third-order valence-corrected chi connectivity index (χ3v) is 5.83. The third-order valence-electron chi connectivity index (χ3n) is 5.57. The number of esters is 1. The summed E-state index contributed by atoms with van der Waals surface area (Å²) in [6, 6.07) is 9.91. The van der Waals surface area contributed by atoms with E-state index in [1.165, 1.54) is 21.3 Å². The second kappa shape index (κ2) is 11.2. The van der Waals surface area contributed by atoms with E-state index in [9.17, 15) is 9.59 Å². The van der Waals surface area contributed by atoms with Crippen LogP contribution in [0.3, 0.4) is 0 Å². The van der Waals surface area contributed by atoms with Crippen LogP contribution < -0.4 is 14.2 Å². The number of hydrogen-bond donors (Lipinski definition) is 0. The first kappa shape index (κ1) is 24.7. The fraction of sp³-hybridized carbons (Fsp3) is 0.417. The molecule has 1 amide bonds. The Morgan fingerprint density at radius 3 is 2.00 bits per heavy atom. The number of carbonyl (C=O) groups excluding carboxylic acids is 2. The second-order valence-electron chi connectivity index (χ2n) is 7.45. The molecular weight excluding hydrogens is 448 g/mol. The molecule has 0 bridgehead atoms. The van der Waals surface area contributed by atoms with Gasteiger partial charge >= 0.3 is 5.97 Å². The standard InChI is InChI=1S/C24H29ClN2O6/c1-5-33-24(29)21(16-6-8-18(25)9-7-16)26-10-12-27(13-11-26)23(28)17-14-19(30-2)22(32-4)20(15-17)31-3/h6-9,14-15,21H,5,10-13H2,1-4H3. The number of nitrogens with zero attached hydrogens (tertiary/aromatic N) is 2. The van der Waals surface area contributed by atoms with Gasteiger partial charge < -0.3 is 23.8 Å². The van der Waals surface area contributed by atoms with Gasteiger partial charge in [0.15, 0.2) is 11.5 Å². The number of halogens is 1. The molecule has 2 aromatic rings. The van der Waals surface area contributed by atoms with Crippen molar-refractivity contribution in [2.45, 2.75) is 13.0 Å². The lowest BCUT2D eigenvalue weighted by Gasteiger charge is -2.38. The van der Waals surface area contributed by atoms with E-state index in [0.717, 1.165) is 5.56 Å². The molecule has 1 saturated heterocycles. The van der Waals surface area contributed by atoms with Crippen LogP contribution in [-0.2, 0) is 9.53 Å².